The number of aliphatic hydroxyl groups is 2. The van der Waals surface area contributed by atoms with Crippen LogP contribution in [0.3, 0.4) is 0 Å². The van der Waals surface area contributed by atoms with E-state index in [0.717, 1.165) is 0 Å². The quantitative estimate of drug-likeness (QED) is 0.736. The van der Waals surface area contributed by atoms with Crippen molar-refractivity contribution in [1.82, 2.24) is 9.78 Å². The number of esters is 1. The molecule has 0 fully saturated rings. The van der Waals surface area contributed by atoms with Crippen molar-refractivity contribution < 1.29 is 19.7 Å². The van der Waals surface area contributed by atoms with E-state index in [1.165, 1.54) is 4.68 Å². The first kappa shape index (κ1) is 15.7. The zero-order chi connectivity index (χ0) is 14.5. The summed E-state index contributed by atoms with van der Waals surface area (Å²) < 4.78 is 6.61. The summed E-state index contributed by atoms with van der Waals surface area (Å²) in [6, 6.07) is 1.63. The fraction of sp³-hybridized carbons (Fsp3) is 0.692. The Morgan fingerprint density at radius 3 is 2.63 bits per heavy atom. The minimum absolute atomic E-state index is 0.0963. The predicted molar refractivity (Wildman–Crippen MR) is 68.2 cm³/mol. The Hall–Kier alpha value is -1.40. The third-order valence-corrected chi connectivity index (χ3v) is 2.27. The third kappa shape index (κ3) is 6.93. The largest absolute Gasteiger partial charge is 0.460 e. The number of ether oxygens (including phenoxy) is 1. The maximum Gasteiger partial charge on any atom is 0.308 e. The molecule has 0 unspecified atom stereocenters. The number of aromatic nitrogens is 2. The van der Waals surface area contributed by atoms with Gasteiger partial charge in [-0.25, -0.2) is 0 Å². The Morgan fingerprint density at radius 2 is 2.11 bits per heavy atom. The monoisotopic (exact) mass is 269 g/mol. The van der Waals surface area contributed by atoms with Gasteiger partial charge < -0.3 is 14.9 Å². The molecule has 1 rings (SSSR count). The SMILES string of the molecule is CC(C)(C)OC(=O)C[C@H](O)C[C@H](O)Cn1cc[c]n1. The molecular weight excluding hydrogens is 248 g/mol. The van der Waals surface area contributed by atoms with Gasteiger partial charge in [0.25, 0.3) is 0 Å². The van der Waals surface area contributed by atoms with Gasteiger partial charge in [0.2, 0.25) is 0 Å². The molecule has 107 valence electrons. The van der Waals surface area contributed by atoms with Crippen molar-refractivity contribution in [2.45, 2.75) is 58.0 Å². The van der Waals surface area contributed by atoms with E-state index in [2.05, 4.69) is 11.3 Å². The summed E-state index contributed by atoms with van der Waals surface area (Å²) in [5.74, 6) is -0.473. The van der Waals surface area contributed by atoms with Crippen LogP contribution >= 0.6 is 0 Å². The van der Waals surface area contributed by atoms with Crippen LogP contribution in [0.5, 0.6) is 0 Å². The van der Waals surface area contributed by atoms with Gasteiger partial charge in [0.1, 0.15) is 11.8 Å². The Balaban J connectivity index is 2.30. The number of nitrogens with zero attached hydrogens (tertiary/aromatic N) is 2. The Kier molecular flexibility index (Phi) is 5.50. The highest BCUT2D eigenvalue weighted by Gasteiger charge is 2.21. The summed E-state index contributed by atoms with van der Waals surface area (Å²) >= 11 is 0. The van der Waals surface area contributed by atoms with E-state index in [1.54, 1.807) is 33.0 Å². The summed E-state index contributed by atoms with van der Waals surface area (Å²) in [4.78, 5) is 11.5. The van der Waals surface area contributed by atoms with Crippen LogP contribution in [-0.2, 0) is 16.1 Å². The lowest BCUT2D eigenvalue weighted by molar-refractivity contribution is -0.157. The average molecular weight is 269 g/mol. The second kappa shape index (κ2) is 6.68. The molecule has 2 N–H and O–H groups in total. The molecule has 0 spiro atoms. The Bertz CT molecular complexity index is 384. The molecule has 0 saturated carbocycles. The number of hydrogen-bond acceptors (Lipinski definition) is 5. The number of carbonyl (C=O) groups excluding carboxylic acids is 1. The molecule has 6 nitrogen and oxygen atoms in total. The lowest BCUT2D eigenvalue weighted by Crippen LogP contribution is -2.29. The second-order valence-corrected chi connectivity index (χ2v) is 5.50. The van der Waals surface area contributed by atoms with Gasteiger partial charge in [-0.2, -0.15) is 5.10 Å². The fourth-order valence-electron chi connectivity index (χ4n) is 1.63. The molecule has 1 heterocycles. The maximum atomic E-state index is 11.5. The van der Waals surface area contributed by atoms with E-state index < -0.39 is 23.8 Å². The van der Waals surface area contributed by atoms with E-state index in [0.29, 0.717) is 0 Å². The summed E-state index contributed by atoms with van der Waals surface area (Å²) in [7, 11) is 0. The number of aliphatic hydroxyl groups excluding tert-OH is 2. The smallest absolute Gasteiger partial charge is 0.308 e. The van der Waals surface area contributed by atoms with Crippen LogP contribution in [0.15, 0.2) is 12.3 Å². The van der Waals surface area contributed by atoms with Crippen LogP contribution in [0.2, 0.25) is 0 Å². The van der Waals surface area contributed by atoms with Crippen molar-refractivity contribution in [3.05, 3.63) is 18.5 Å². The molecule has 0 aliphatic rings. The summed E-state index contributed by atoms with van der Waals surface area (Å²) in [5.41, 5.74) is -0.569. The van der Waals surface area contributed by atoms with Gasteiger partial charge in [0.15, 0.2) is 0 Å². The van der Waals surface area contributed by atoms with Crippen molar-refractivity contribution in [3.8, 4) is 0 Å². The van der Waals surface area contributed by atoms with E-state index in [1.807, 2.05) is 0 Å². The third-order valence-electron chi connectivity index (χ3n) is 2.27. The molecule has 0 aliphatic carbocycles. The molecule has 1 aromatic rings. The lowest BCUT2D eigenvalue weighted by Gasteiger charge is -2.21. The van der Waals surface area contributed by atoms with Gasteiger partial charge in [0.05, 0.1) is 25.2 Å². The van der Waals surface area contributed by atoms with Crippen LogP contribution < -0.4 is 0 Å². The number of carbonyl (C=O) groups is 1. The molecule has 19 heavy (non-hydrogen) atoms. The zero-order valence-electron chi connectivity index (χ0n) is 11.5. The van der Waals surface area contributed by atoms with Gasteiger partial charge in [-0.15, -0.1) is 0 Å². The van der Waals surface area contributed by atoms with E-state index in [4.69, 9.17) is 4.74 Å². The predicted octanol–water partition coefficient (Wildman–Crippen LogP) is 0.527. The van der Waals surface area contributed by atoms with Gasteiger partial charge in [-0.05, 0) is 26.8 Å². The van der Waals surface area contributed by atoms with Gasteiger partial charge >= 0.3 is 5.97 Å². The zero-order valence-corrected chi connectivity index (χ0v) is 11.5. The van der Waals surface area contributed by atoms with Crippen molar-refractivity contribution in [2.75, 3.05) is 0 Å². The maximum absolute atomic E-state index is 11.5. The van der Waals surface area contributed by atoms with Crippen LogP contribution in [0.4, 0.5) is 0 Å². The standard InChI is InChI=1S/C13H21N2O4/c1-13(2,3)19-12(18)8-10(16)7-11(17)9-15-6-4-5-14-15/h4,6,10-11,16-17H,7-9H2,1-3H3/t10-,11+/m1/s1. The molecule has 0 bridgehead atoms. The normalized spacial score (nSPS) is 15.0. The van der Waals surface area contributed by atoms with Crippen molar-refractivity contribution in [2.24, 2.45) is 0 Å². The molecule has 0 aliphatic heterocycles. The minimum Gasteiger partial charge on any atom is -0.460 e. The molecule has 1 aromatic heterocycles. The molecule has 1 radical (unpaired) electrons. The summed E-state index contributed by atoms with van der Waals surface area (Å²) in [6.07, 6.45) is 2.55. The molecule has 2 atom stereocenters. The van der Waals surface area contributed by atoms with E-state index in [-0.39, 0.29) is 19.4 Å². The molecule has 0 saturated heterocycles. The van der Waals surface area contributed by atoms with Gasteiger partial charge in [-0.3, -0.25) is 9.48 Å². The first-order valence-electron chi connectivity index (χ1n) is 6.24. The second-order valence-electron chi connectivity index (χ2n) is 5.50. The Morgan fingerprint density at radius 1 is 1.42 bits per heavy atom. The van der Waals surface area contributed by atoms with Crippen molar-refractivity contribution >= 4 is 5.97 Å². The fourth-order valence-corrected chi connectivity index (χ4v) is 1.63. The first-order valence-corrected chi connectivity index (χ1v) is 6.24. The summed E-state index contributed by atoms with van der Waals surface area (Å²) in [5, 5.41) is 23.3. The highest BCUT2D eigenvalue weighted by Crippen LogP contribution is 2.11. The summed E-state index contributed by atoms with van der Waals surface area (Å²) in [6.45, 7) is 5.55. The highest BCUT2D eigenvalue weighted by molar-refractivity contribution is 5.70. The number of rotatable bonds is 6. The van der Waals surface area contributed by atoms with Crippen LogP contribution in [0, 0.1) is 6.20 Å². The first-order chi connectivity index (χ1) is 8.76. The molecular formula is C13H21N2O4. The van der Waals surface area contributed by atoms with Crippen LogP contribution in [0.1, 0.15) is 33.6 Å². The lowest BCUT2D eigenvalue weighted by atomic mass is 10.1. The molecule has 6 heteroatoms. The topological polar surface area (TPSA) is 84.6 Å². The van der Waals surface area contributed by atoms with Crippen LogP contribution in [0.25, 0.3) is 0 Å². The van der Waals surface area contributed by atoms with Gasteiger partial charge in [0, 0.05) is 12.6 Å². The van der Waals surface area contributed by atoms with E-state index in [9.17, 15) is 15.0 Å². The minimum atomic E-state index is -0.926. The number of hydrogen-bond donors (Lipinski definition) is 2. The van der Waals surface area contributed by atoms with Crippen molar-refractivity contribution in [1.29, 1.82) is 0 Å². The highest BCUT2D eigenvalue weighted by atomic mass is 16.6. The molecule has 0 aromatic carbocycles. The van der Waals surface area contributed by atoms with Crippen molar-refractivity contribution in [3.63, 3.8) is 0 Å². The average Bonchev–Trinajstić information content (AvgIpc) is 2.65. The van der Waals surface area contributed by atoms with Gasteiger partial charge in [-0.1, -0.05) is 0 Å². The molecule has 0 amide bonds. The van der Waals surface area contributed by atoms with Crippen LogP contribution in [-0.4, -0.2) is 43.8 Å². The van der Waals surface area contributed by atoms with E-state index >= 15 is 0 Å². The Labute approximate surface area is 113 Å².